The average molecular weight is 258 g/mol. The summed E-state index contributed by atoms with van der Waals surface area (Å²) in [5.41, 5.74) is 9.47. The van der Waals surface area contributed by atoms with Crippen LogP contribution in [0.25, 0.3) is 0 Å². The summed E-state index contributed by atoms with van der Waals surface area (Å²) in [6.45, 7) is 0.839. The summed E-state index contributed by atoms with van der Waals surface area (Å²) in [5, 5.41) is 0. The largest absolute Gasteiger partial charge is 0.495 e. The molecule has 1 aliphatic heterocycles. The van der Waals surface area contributed by atoms with Crippen molar-refractivity contribution in [2.75, 3.05) is 24.3 Å². The molecule has 2 N–H and O–H groups in total. The summed E-state index contributed by atoms with van der Waals surface area (Å²) < 4.78 is 18.6. The van der Waals surface area contributed by atoms with Gasteiger partial charge >= 0.3 is 0 Å². The van der Waals surface area contributed by atoms with E-state index in [1.807, 2.05) is 24.3 Å². The molecule has 0 amide bonds. The van der Waals surface area contributed by atoms with Crippen LogP contribution in [0.3, 0.4) is 0 Å². The standard InChI is InChI=1S/C15H15FN2O/c1-19-15-9-12(4-5-13(15)17)18-7-6-10-2-3-11(16)8-14(10)18/h2-5,8-9H,6-7,17H2,1H3. The van der Waals surface area contributed by atoms with E-state index in [2.05, 4.69) is 4.90 Å². The molecule has 19 heavy (non-hydrogen) atoms. The highest BCUT2D eigenvalue weighted by Crippen LogP contribution is 2.37. The smallest absolute Gasteiger partial charge is 0.143 e. The van der Waals surface area contributed by atoms with E-state index < -0.39 is 0 Å². The van der Waals surface area contributed by atoms with Gasteiger partial charge in [0, 0.05) is 24.0 Å². The maximum absolute atomic E-state index is 13.4. The second kappa shape index (κ2) is 4.46. The van der Waals surface area contributed by atoms with Crippen LogP contribution >= 0.6 is 0 Å². The Bertz CT molecular complexity index is 628. The molecule has 98 valence electrons. The zero-order chi connectivity index (χ0) is 13.4. The van der Waals surface area contributed by atoms with E-state index in [1.54, 1.807) is 13.2 Å². The maximum atomic E-state index is 13.4. The molecule has 0 atom stereocenters. The third-order valence-electron chi connectivity index (χ3n) is 3.47. The van der Waals surface area contributed by atoms with Gasteiger partial charge in [-0.3, -0.25) is 0 Å². The zero-order valence-electron chi connectivity index (χ0n) is 10.7. The van der Waals surface area contributed by atoms with E-state index in [1.165, 1.54) is 6.07 Å². The maximum Gasteiger partial charge on any atom is 0.143 e. The van der Waals surface area contributed by atoms with Gasteiger partial charge in [-0.25, -0.2) is 4.39 Å². The molecular formula is C15H15FN2O. The highest BCUT2D eigenvalue weighted by molar-refractivity contribution is 5.73. The summed E-state index contributed by atoms with van der Waals surface area (Å²) in [4.78, 5) is 2.08. The van der Waals surface area contributed by atoms with Gasteiger partial charge in [0.25, 0.3) is 0 Å². The number of nitrogens with two attached hydrogens (primary N) is 1. The number of rotatable bonds is 2. The Morgan fingerprint density at radius 3 is 2.84 bits per heavy atom. The van der Waals surface area contributed by atoms with Gasteiger partial charge in [-0.2, -0.15) is 0 Å². The lowest BCUT2D eigenvalue weighted by Crippen LogP contribution is -2.13. The van der Waals surface area contributed by atoms with Crippen LogP contribution in [0.1, 0.15) is 5.56 Å². The number of anilines is 3. The third kappa shape index (κ3) is 1.99. The van der Waals surface area contributed by atoms with Gasteiger partial charge in [-0.15, -0.1) is 0 Å². The first kappa shape index (κ1) is 11.8. The molecule has 4 heteroatoms. The number of fused-ring (bicyclic) bond motifs is 1. The summed E-state index contributed by atoms with van der Waals surface area (Å²) >= 11 is 0. The van der Waals surface area contributed by atoms with Gasteiger partial charge in [-0.1, -0.05) is 6.07 Å². The minimum atomic E-state index is -0.215. The Balaban J connectivity index is 2.04. The molecule has 3 rings (SSSR count). The van der Waals surface area contributed by atoms with Crippen molar-refractivity contribution in [3.63, 3.8) is 0 Å². The van der Waals surface area contributed by atoms with E-state index in [0.717, 1.165) is 29.9 Å². The minimum Gasteiger partial charge on any atom is -0.495 e. The molecule has 0 aromatic heterocycles. The highest BCUT2D eigenvalue weighted by atomic mass is 19.1. The van der Waals surface area contributed by atoms with Crippen LogP contribution in [-0.2, 0) is 6.42 Å². The number of ether oxygens (including phenoxy) is 1. The van der Waals surface area contributed by atoms with Crippen molar-refractivity contribution in [2.24, 2.45) is 0 Å². The molecule has 2 aromatic rings. The fourth-order valence-electron chi connectivity index (χ4n) is 2.49. The minimum absolute atomic E-state index is 0.215. The Morgan fingerprint density at radius 1 is 1.21 bits per heavy atom. The normalized spacial score (nSPS) is 13.5. The number of nitrogens with zero attached hydrogens (tertiary/aromatic N) is 1. The molecule has 0 saturated heterocycles. The fourth-order valence-corrected chi connectivity index (χ4v) is 2.49. The predicted molar refractivity (Wildman–Crippen MR) is 74.5 cm³/mol. The Labute approximate surface area is 111 Å². The summed E-state index contributed by atoms with van der Waals surface area (Å²) in [5.74, 6) is 0.426. The van der Waals surface area contributed by atoms with Gasteiger partial charge < -0.3 is 15.4 Å². The van der Waals surface area contributed by atoms with E-state index in [4.69, 9.17) is 10.5 Å². The van der Waals surface area contributed by atoms with Gasteiger partial charge in [0.05, 0.1) is 12.8 Å². The lowest BCUT2D eigenvalue weighted by molar-refractivity contribution is 0.417. The summed E-state index contributed by atoms with van der Waals surface area (Å²) in [6, 6.07) is 10.6. The molecular weight excluding hydrogens is 243 g/mol. The molecule has 1 aliphatic rings. The second-order valence-electron chi connectivity index (χ2n) is 4.60. The number of halogens is 1. The van der Waals surface area contributed by atoms with Crippen molar-refractivity contribution in [1.82, 2.24) is 0 Å². The molecule has 0 aliphatic carbocycles. The van der Waals surface area contributed by atoms with Crippen molar-refractivity contribution in [1.29, 1.82) is 0 Å². The Kier molecular flexibility index (Phi) is 2.78. The second-order valence-corrected chi connectivity index (χ2v) is 4.60. The summed E-state index contributed by atoms with van der Waals surface area (Å²) in [6.07, 6.45) is 0.919. The first-order chi connectivity index (χ1) is 9.19. The molecule has 0 unspecified atom stereocenters. The SMILES string of the molecule is COc1cc(N2CCc3ccc(F)cc32)ccc1N. The van der Waals surface area contributed by atoms with Gasteiger partial charge in [-0.05, 0) is 36.2 Å². The van der Waals surface area contributed by atoms with Crippen LogP contribution in [0.4, 0.5) is 21.5 Å². The van der Waals surface area contributed by atoms with Crippen molar-refractivity contribution >= 4 is 17.1 Å². The van der Waals surface area contributed by atoms with Crippen LogP contribution in [-0.4, -0.2) is 13.7 Å². The number of hydrogen-bond acceptors (Lipinski definition) is 3. The molecule has 0 saturated carbocycles. The van der Waals surface area contributed by atoms with Crippen molar-refractivity contribution in [3.8, 4) is 5.75 Å². The monoisotopic (exact) mass is 258 g/mol. The first-order valence-corrected chi connectivity index (χ1v) is 6.18. The van der Waals surface area contributed by atoms with Crippen LogP contribution < -0.4 is 15.4 Å². The third-order valence-corrected chi connectivity index (χ3v) is 3.47. The molecule has 0 fully saturated rings. The average Bonchev–Trinajstić information content (AvgIpc) is 2.82. The van der Waals surface area contributed by atoms with E-state index in [9.17, 15) is 4.39 Å². The molecule has 3 nitrogen and oxygen atoms in total. The molecule has 2 aromatic carbocycles. The van der Waals surface area contributed by atoms with Crippen molar-refractivity contribution in [3.05, 3.63) is 47.8 Å². The highest BCUT2D eigenvalue weighted by Gasteiger charge is 2.21. The molecule has 0 radical (unpaired) electrons. The molecule has 0 bridgehead atoms. The van der Waals surface area contributed by atoms with E-state index >= 15 is 0 Å². The predicted octanol–water partition coefficient (Wildman–Crippen LogP) is 3.11. The van der Waals surface area contributed by atoms with E-state index in [-0.39, 0.29) is 5.82 Å². The quantitative estimate of drug-likeness (QED) is 0.841. The summed E-state index contributed by atoms with van der Waals surface area (Å²) in [7, 11) is 1.59. The Hall–Kier alpha value is -2.23. The van der Waals surface area contributed by atoms with Crippen LogP contribution in [0.15, 0.2) is 36.4 Å². The molecule has 0 spiro atoms. The topological polar surface area (TPSA) is 38.5 Å². The Morgan fingerprint density at radius 2 is 2.05 bits per heavy atom. The fraction of sp³-hybridized carbons (Fsp3) is 0.200. The van der Waals surface area contributed by atoms with Crippen LogP contribution in [0, 0.1) is 5.82 Å². The van der Waals surface area contributed by atoms with Crippen molar-refractivity contribution in [2.45, 2.75) is 6.42 Å². The number of hydrogen-bond donors (Lipinski definition) is 1. The van der Waals surface area contributed by atoms with Crippen LogP contribution in [0.5, 0.6) is 5.75 Å². The van der Waals surface area contributed by atoms with Gasteiger partial charge in [0.1, 0.15) is 11.6 Å². The number of benzene rings is 2. The van der Waals surface area contributed by atoms with Crippen LogP contribution in [0.2, 0.25) is 0 Å². The van der Waals surface area contributed by atoms with Gasteiger partial charge in [0.15, 0.2) is 0 Å². The molecule has 1 heterocycles. The first-order valence-electron chi connectivity index (χ1n) is 6.18. The number of methoxy groups -OCH3 is 1. The van der Waals surface area contributed by atoms with E-state index in [0.29, 0.717) is 11.4 Å². The van der Waals surface area contributed by atoms with Crippen molar-refractivity contribution < 1.29 is 9.13 Å². The lowest BCUT2D eigenvalue weighted by Gasteiger charge is -2.20. The zero-order valence-corrected chi connectivity index (χ0v) is 10.7. The van der Waals surface area contributed by atoms with Gasteiger partial charge in [0.2, 0.25) is 0 Å². The lowest BCUT2D eigenvalue weighted by atomic mass is 10.1. The number of nitrogen functional groups attached to an aromatic ring is 1.